The predicted molar refractivity (Wildman–Crippen MR) is 74.6 cm³/mol. The highest BCUT2D eigenvalue weighted by atomic mass is 16.5. The summed E-state index contributed by atoms with van der Waals surface area (Å²) >= 11 is 0. The molecule has 0 aliphatic carbocycles. The normalized spacial score (nSPS) is 10.2. The van der Waals surface area contributed by atoms with Crippen LogP contribution < -0.4 is 9.47 Å². The Labute approximate surface area is 113 Å². The van der Waals surface area contributed by atoms with Gasteiger partial charge in [0.15, 0.2) is 0 Å². The van der Waals surface area contributed by atoms with Crippen LogP contribution in [-0.2, 0) is 13.0 Å². The quantitative estimate of drug-likeness (QED) is 0.866. The van der Waals surface area contributed by atoms with Crippen molar-refractivity contribution >= 4 is 0 Å². The molecule has 100 valence electrons. The van der Waals surface area contributed by atoms with Gasteiger partial charge < -0.3 is 14.6 Å². The molecule has 2 aromatic rings. The van der Waals surface area contributed by atoms with E-state index in [1.807, 2.05) is 48.5 Å². The van der Waals surface area contributed by atoms with Gasteiger partial charge in [-0.05, 0) is 23.8 Å². The molecule has 0 heterocycles. The highest BCUT2D eigenvalue weighted by Crippen LogP contribution is 2.18. The smallest absolute Gasteiger partial charge is 0.124 e. The van der Waals surface area contributed by atoms with Gasteiger partial charge >= 0.3 is 0 Å². The van der Waals surface area contributed by atoms with E-state index in [0.717, 1.165) is 23.5 Å². The molecule has 3 nitrogen and oxygen atoms in total. The Bertz CT molecular complexity index is 506. The number of aliphatic hydroxyl groups excluding tert-OH is 1. The van der Waals surface area contributed by atoms with E-state index in [0.29, 0.717) is 6.61 Å². The standard InChI is InChI=1S/C16H18O3/c1-18-15-8-6-13(7-9-15)10-11-19-16-5-3-2-4-14(16)12-17/h2-9,17H,10-12H2,1H3. The minimum absolute atomic E-state index is 0.00128. The van der Waals surface area contributed by atoms with E-state index in [1.165, 1.54) is 5.56 Å². The zero-order valence-electron chi connectivity index (χ0n) is 11.0. The molecule has 19 heavy (non-hydrogen) atoms. The molecule has 0 fully saturated rings. The summed E-state index contributed by atoms with van der Waals surface area (Å²) in [7, 11) is 1.66. The minimum Gasteiger partial charge on any atom is -0.497 e. The Morgan fingerprint density at radius 2 is 1.74 bits per heavy atom. The summed E-state index contributed by atoms with van der Waals surface area (Å²) in [5.74, 6) is 1.61. The molecular weight excluding hydrogens is 240 g/mol. The van der Waals surface area contributed by atoms with Gasteiger partial charge in [-0.1, -0.05) is 30.3 Å². The summed E-state index contributed by atoms with van der Waals surface area (Å²) in [6.07, 6.45) is 0.823. The van der Waals surface area contributed by atoms with Crippen LogP contribution in [0.4, 0.5) is 0 Å². The molecule has 2 aromatic carbocycles. The highest BCUT2D eigenvalue weighted by Gasteiger charge is 2.01. The van der Waals surface area contributed by atoms with E-state index in [9.17, 15) is 5.11 Å². The first-order valence-corrected chi connectivity index (χ1v) is 6.28. The van der Waals surface area contributed by atoms with E-state index in [4.69, 9.17) is 9.47 Å². The van der Waals surface area contributed by atoms with E-state index in [2.05, 4.69) is 0 Å². The molecule has 0 aromatic heterocycles. The highest BCUT2D eigenvalue weighted by molar-refractivity contribution is 5.32. The molecule has 0 spiro atoms. The lowest BCUT2D eigenvalue weighted by Gasteiger charge is -2.10. The van der Waals surface area contributed by atoms with Crippen molar-refractivity contribution in [1.29, 1.82) is 0 Å². The lowest BCUT2D eigenvalue weighted by Crippen LogP contribution is -2.03. The predicted octanol–water partition coefficient (Wildman–Crippen LogP) is 2.81. The number of benzene rings is 2. The largest absolute Gasteiger partial charge is 0.497 e. The number of para-hydroxylation sites is 1. The molecule has 0 amide bonds. The molecule has 0 saturated heterocycles. The first-order valence-electron chi connectivity index (χ1n) is 6.28. The Morgan fingerprint density at radius 3 is 2.42 bits per heavy atom. The van der Waals surface area contributed by atoms with Crippen molar-refractivity contribution in [2.75, 3.05) is 13.7 Å². The Kier molecular flexibility index (Phi) is 4.81. The van der Waals surface area contributed by atoms with Gasteiger partial charge in [0.25, 0.3) is 0 Å². The zero-order chi connectivity index (χ0) is 13.5. The zero-order valence-corrected chi connectivity index (χ0v) is 11.0. The molecule has 0 aliphatic rings. The first-order chi connectivity index (χ1) is 9.33. The van der Waals surface area contributed by atoms with Crippen LogP contribution in [0.5, 0.6) is 11.5 Å². The van der Waals surface area contributed by atoms with Gasteiger partial charge in [-0.25, -0.2) is 0 Å². The second-order valence-corrected chi connectivity index (χ2v) is 4.21. The molecule has 0 atom stereocenters. The number of aliphatic hydroxyl groups is 1. The Balaban J connectivity index is 1.88. The van der Waals surface area contributed by atoms with E-state index in [1.54, 1.807) is 7.11 Å². The molecular formula is C16H18O3. The molecule has 1 N–H and O–H groups in total. The van der Waals surface area contributed by atoms with Crippen molar-refractivity contribution < 1.29 is 14.6 Å². The van der Waals surface area contributed by atoms with E-state index >= 15 is 0 Å². The molecule has 0 saturated carbocycles. The molecule has 0 aliphatic heterocycles. The van der Waals surface area contributed by atoms with Crippen LogP contribution in [0.3, 0.4) is 0 Å². The van der Waals surface area contributed by atoms with Gasteiger partial charge in [0.1, 0.15) is 11.5 Å². The summed E-state index contributed by atoms with van der Waals surface area (Å²) in [6, 6.07) is 15.5. The average molecular weight is 258 g/mol. The minimum atomic E-state index is -0.00128. The summed E-state index contributed by atoms with van der Waals surface area (Å²) < 4.78 is 10.8. The fraction of sp³-hybridized carbons (Fsp3) is 0.250. The monoisotopic (exact) mass is 258 g/mol. The second-order valence-electron chi connectivity index (χ2n) is 4.21. The van der Waals surface area contributed by atoms with Crippen LogP contribution in [0, 0.1) is 0 Å². The average Bonchev–Trinajstić information content (AvgIpc) is 2.48. The fourth-order valence-corrected chi connectivity index (χ4v) is 1.85. The lowest BCUT2D eigenvalue weighted by molar-refractivity contribution is 0.264. The van der Waals surface area contributed by atoms with Gasteiger partial charge in [0.05, 0.1) is 20.3 Å². The second kappa shape index (κ2) is 6.81. The Morgan fingerprint density at radius 1 is 1.00 bits per heavy atom. The van der Waals surface area contributed by atoms with Gasteiger partial charge in [0, 0.05) is 12.0 Å². The Hall–Kier alpha value is -2.00. The SMILES string of the molecule is COc1ccc(CCOc2ccccc2CO)cc1. The fourth-order valence-electron chi connectivity index (χ4n) is 1.85. The third-order valence-corrected chi connectivity index (χ3v) is 2.95. The van der Waals surface area contributed by atoms with Crippen molar-refractivity contribution in [1.82, 2.24) is 0 Å². The number of ether oxygens (including phenoxy) is 2. The first kappa shape index (κ1) is 13.4. The molecule has 0 bridgehead atoms. The number of methoxy groups -OCH3 is 1. The van der Waals surface area contributed by atoms with E-state index in [-0.39, 0.29) is 6.61 Å². The van der Waals surface area contributed by atoms with Gasteiger partial charge in [-0.3, -0.25) is 0 Å². The number of hydrogen-bond acceptors (Lipinski definition) is 3. The van der Waals surface area contributed by atoms with Crippen molar-refractivity contribution in [2.45, 2.75) is 13.0 Å². The van der Waals surface area contributed by atoms with Gasteiger partial charge in [0.2, 0.25) is 0 Å². The van der Waals surface area contributed by atoms with Crippen LogP contribution in [0.1, 0.15) is 11.1 Å². The van der Waals surface area contributed by atoms with Crippen molar-refractivity contribution in [2.24, 2.45) is 0 Å². The van der Waals surface area contributed by atoms with E-state index < -0.39 is 0 Å². The topological polar surface area (TPSA) is 38.7 Å². The molecule has 0 radical (unpaired) electrons. The maximum atomic E-state index is 9.20. The van der Waals surface area contributed by atoms with Crippen LogP contribution in [0.25, 0.3) is 0 Å². The molecule has 3 heteroatoms. The summed E-state index contributed by atoms with van der Waals surface area (Å²) in [5, 5.41) is 9.20. The van der Waals surface area contributed by atoms with Crippen LogP contribution in [0.2, 0.25) is 0 Å². The molecule has 0 unspecified atom stereocenters. The summed E-state index contributed by atoms with van der Waals surface area (Å²) in [6.45, 7) is 0.585. The summed E-state index contributed by atoms with van der Waals surface area (Å²) in [4.78, 5) is 0. The van der Waals surface area contributed by atoms with Crippen LogP contribution in [0.15, 0.2) is 48.5 Å². The third-order valence-electron chi connectivity index (χ3n) is 2.95. The van der Waals surface area contributed by atoms with Crippen molar-refractivity contribution in [3.8, 4) is 11.5 Å². The number of hydrogen-bond donors (Lipinski definition) is 1. The lowest BCUT2D eigenvalue weighted by atomic mass is 10.1. The van der Waals surface area contributed by atoms with Crippen LogP contribution in [-0.4, -0.2) is 18.8 Å². The summed E-state index contributed by atoms with van der Waals surface area (Å²) in [5.41, 5.74) is 2.01. The van der Waals surface area contributed by atoms with Crippen molar-refractivity contribution in [3.63, 3.8) is 0 Å². The van der Waals surface area contributed by atoms with Gasteiger partial charge in [-0.2, -0.15) is 0 Å². The maximum absolute atomic E-state index is 9.20. The van der Waals surface area contributed by atoms with Crippen molar-refractivity contribution in [3.05, 3.63) is 59.7 Å². The maximum Gasteiger partial charge on any atom is 0.124 e. The third kappa shape index (κ3) is 3.73. The molecule has 2 rings (SSSR count). The van der Waals surface area contributed by atoms with Crippen LogP contribution >= 0.6 is 0 Å². The number of rotatable bonds is 6. The van der Waals surface area contributed by atoms with Gasteiger partial charge in [-0.15, -0.1) is 0 Å².